The first kappa shape index (κ1) is 16.5. The van der Waals surface area contributed by atoms with Gasteiger partial charge in [0.1, 0.15) is 11.1 Å². The number of hydrogen-bond donors (Lipinski definition) is 0. The van der Waals surface area contributed by atoms with Crippen LogP contribution in [0.2, 0.25) is 0 Å². The summed E-state index contributed by atoms with van der Waals surface area (Å²) in [5, 5.41) is 0. The van der Waals surface area contributed by atoms with Gasteiger partial charge in [0.15, 0.2) is 0 Å². The Kier molecular flexibility index (Phi) is 5.20. The Morgan fingerprint density at radius 3 is 2.30 bits per heavy atom. The fraction of sp³-hybridized carbons (Fsp3) is 0.733. The largest absolute Gasteiger partial charge is 0.464 e. The highest BCUT2D eigenvalue weighted by Crippen LogP contribution is 2.39. The van der Waals surface area contributed by atoms with Crippen molar-refractivity contribution in [1.29, 1.82) is 0 Å². The molecule has 5 heteroatoms. The van der Waals surface area contributed by atoms with E-state index in [2.05, 4.69) is 6.58 Å². The molecule has 0 atom stereocenters. The maximum Gasteiger partial charge on any atom is 0.411 e. The molecule has 0 unspecified atom stereocenters. The second kappa shape index (κ2) is 6.29. The van der Waals surface area contributed by atoms with Crippen molar-refractivity contribution < 1.29 is 19.1 Å². The van der Waals surface area contributed by atoms with Gasteiger partial charge >= 0.3 is 12.1 Å². The Morgan fingerprint density at radius 1 is 1.35 bits per heavy atom. The minimum Gasteiger partial charge on any atom is -0.464 e. The van der Waals surface area contributed by atoms with Gasteiger partial charge in [0, 0.05) is 6.54 Å². The van der Waals surface area contributed by atoms with E-state index in [1.807, 2.05) is 0 Å². The van der Waals surface area contributed by atoms with Gasteiger partial charge in [0.05, 0.1) is 6.61 Å². The summed E-state index contributed by atoms with van der Waals surface area (Å²) < 4.78 is 10.5. The molecule has 1 aliphatic carbocycles. The van der Waals surface area contributed by atoms with Crippen molar-refractivity contribution in [3.63, 3.8) is 0 Å². The van der Waals surface area contributed by atoms with Gasteiger partial charge in [0.25, 0.3) is 0 Å². The molecule has 0 bridgehead atoms. The van der Waals surface area contributed by atoms with Crippen LogP contribution in [-0.2, 0) is 14.3 Å². The van der Waals surface area contributed by atoms with Crippen LogP contribution >= 0.6 is 0 Å². The number of carbonyl (C=O) groups is 2. The Morgan fingerprint density at radius 2 is 1.95 bits per heavy atom. The Labute approximate surface area is 120 Å². The van der Waals surface area contributed by atoms with Gasteiger partial charge in [-0.25, -0.2) is 9.59 Å². The fourth-order valence-corrected chi connectivity index (χ4v) is 2.23. The molecule has 0 heterocycles. The lowest BCUT2D eigenvalue weighted by molar-refractivity contribution is -0.163. The highest BCUT2D eigenvalue weighted by molar-refractivity contribution is 5.87. The van der Waals surface area contributed by atoms with Crippen LogP contribution in [0.4, 0.5) is 4.79 Å². The first-order chi connectivity index (χ1) is 9.27. The summed E-state index contributed by atoms with van der Waals surface area (Å²) in [4.78, 5) is 26.0. The molecular weight excluding hydrogens is 258 g/mol. The number of hydrogen-bond acceptors (Lipinski definition) is 4. The number of rotatable bonds is 5. The van der Waals surface area contributed by atoms with Crippen molar-refractivity contribution >= 4 is 12.1 Å². The van der Waals surface area contributed by atoms with Crippen molar-refractivity contribution in [3.8, 4) is 0 Å². The van der Waals surface area contributed by atoms with E-state index in [0.29, 0.717) is 19.4 Å². The standard InChI is InChI=1S/C15H25NO4/c1-6-11-16(13(18)20-14(3,4)5)15(9-8-10-15)12(17)19-7-2/h6H,1,7-11H2,2-5H3. The molecule has 1 saturated carbocycles. The zero-order valence-electron chi connectivity index (χ0n) is 12.9. The number of nitrogens with zero attached hydrogens (tertiary/aromatic N) is 1. The molecule has 1 amide bonds. The third-order valence-electron chi connectivity index (χ3n) is 3.28. The van der Waals surface area contributed by atoms with Crippen molar-refractivity contribution in [1.82, 2.24) is 4.90 Å². The maximum atomic E-state index is 12.3. The van der Waals surface area contributed by atoms with Crippen LogP contribution in [-0.4, -0.2) is 41.3 Å². The summed E-state index contributed by atoms with van der Waals surface area (Å²) in [5.74, 6) is -0.348. The minimum absolute atomic E-state index is 0.272. The zero-order valence-corrected chi connectivity index (χ0v) is 12.9. The summed E-state index contributed by atoms with van der Waals surface area (Å²) in [6.07, 6.45) is 3.22. The molecule has 5 nitrogen and oxygen atoms in total. The molecular formula is C15H25NO4. The van der Waals surface area contributed by atoms with E-state index in [1.54, 1.807) is 33.8 Å². The third kappa shape index (κ3) is 3.52. The summed E-state index contributed by atoms with van der Waals surface area (Å²) in [6, 6.07) is 0. The zero-order chi connectivity index (χ0) is 15.4. The van der Waals surface area contributed by atoms with Gasteiger partial charge in [-0.1, -0.05) is 6.08 Å². The first-order valence-corrected chi connectivity index (χ1v) is 7.05. The van der Waals surface area contributed by atoms with Crippen LogP contribution in [0, 0.1) is 0 Å². The summed E-state index contributed by atoms with van der Waals surface area (Å²) >= 11 is 0. The molecule has 20 heavy (non-hydrogen) atoms. The second-order valence-corrected chi connectivity index (χ2v) is 5.99. The molecule has 0 aromatic rings. The molecule has 0 aromatic carbocycles. The van der Waals surface area contributed by atoms with Crippen LogP contribution < -0.4 is 0 Å². The molecule has 0 spiro atoms. The van der Waals surface area contributed by atoms with Crippen LogP contribution in [0.3, 0.4) is 0 Å². The molecule has 1 aliphatic rings. The quantitative estimate of drug-likeness (QED) is 0.575. The molecule has 1 rings (SSSR count). The van der Waals surface area contributed by atoms with E-state index in [9.17, 15) is 9.59 Å². The van der Waals surface area contributed by atoms with Gasteiger partial charge in [-0.3, -0.25) is 4.90 Å². The van der Waals surface area contributed by atoms with E-state index in [0.717, 1.165) is 6.42 Å². The van der Waals surface area contributed by atoms with Crippen LogP contribution in [0.25, 0.3) is 0 Å². The normalized spacial score (nSPS) is 16.8. The van der Waals surface area contributed by atoms with Crippen molar-refractivity contribution in [3.05, 3.63) is 12.7 Å². The summed E-state index contributed by atoms with van der Waals surface area (Å²) in [5.41, 5.74) is -1.48. The molecule has 0 N–H and O–H groups in total. The molecule has 0 aliphatic heterocycles. The predicted molar refractivity (Wildman–Crippen MR) is 76.4 cm³/mol. The first-order valence-electron chi connectivity index (χ1n) is 7.05. The number of amides is 1. The second-order valence-electron chi connectivity index (χ2n) is 5.99. The summed E-state index contributed by atoms with van der Waals surface area (Å²) in [7, 11) is 0. The molecule has 0 radical (unpaired) electrons. The van der Waals surface area contributed by atoms with Crippen molar-refractivity contribution in [2.24, 2.45) is 0 Å². The highest BCUT2D eigenvalue weighted by Gasteiger charge is 2.53. The monoisotopic (exact) mass is 283 g/mol. The van der Waals surface area contributed by atoms with Gasteiger partial charge in [-0.05, 0) is 47.0 Å². The van der Waals surface area contributed by atoms with Crippen molar-refractivity contribution in [2.75, 3.05) is 13.2 Å². The van der Waals surface area contributed by atoms with Gasteiger partial charge in [0.2, 0.25) is 0 Å². The predicted octanol–water partition coefficient (Wildman–Crippen LogP) is 2.90. The Hall–Kier alpha value is -1.52. The number of carbonyl (C=O) groups excluding carboxylic acids is 2. The van der Waals surface area contributed by atoms with E-state index in [1.165, 1.54) is 4.90 Å². The number of ether oxygens (including phenoxy) is 2. The van der Waals surface area contributed by atoms with Crippen LogP contribution in [0.1, 0.15) is 47.0 Å². The molecule has 1 fully saturated rings. The lowest BCUT2D eigenvalue weighted by atomic mass is 9.75. The molecule has 0 saturated heterocycles. The van der Waals surface area contributed by atoms with E-state index in [4.69, 9.17) is 9.47 Å². The van der Waals surface area contributed by atoms with E-state index >= 15 is 0 Å². The smallest absolute Gasteiger partial charge is 0.411 e. The topological polar surface area (TPSA) is 55.8 Å². The number of esters is 1. The van der Waals surface area contributed by atoms with E-state index in [-0.39, 0.29) is 12.5 Å². The lowest BCUT2D eigenvalue weighted by Gasteiger charge is -2.47. The maximum absolute atomic E-state index is 12.3. The minimum atomic E-state index is -0.882. The molecule has 114 valence electrons. The lowest BCUT2D eigenvalue weighted by Crippen LogP contribution is -2.62. The Balaban J connectivity index is 2.95. The average Bonchev–Trinajstić information content (AvgIpc) is 2.24. The fourth-order valence-electron chi connectivity index (χ4n) is 2.23. The van der Waals surface area contributed by atoms with Crippen LogP contribution in [0.15, 0.2) is 12.7 Å². The summed E-state index contributed by atoms with van der Waals surface area (Å²) in [6.45, 7) is 11.4. The molecule has 0 aromatic heterocycles. The van der Waals surface area contributed by atoms with Crippen LogP contribution in [0.5, 0.6) is 0 Å². The van der Waals surface area contributed by atoms with Gasteiger partial charge in [-0.15, -0.1) is 6.58 Å². The van der Waals surface area contributed by atoms with Gasteiger partial charge < -0.3 is 9.47 Å². The third-order valence-corrected chi connectivity index (χ3v) is 3.28. The average molecular weight is 283 g/mol. The Bertz CT molecular complexity index is 380. The SMILES string of the molecule is C=CCN(C(=O)OC(C)(C)C)C1(C(=O)OCC)CCC1. The highest BCUT2D eigenvalue weighted by atomic mass is 16.6. The van der Waals surface area contributed by atoms with Crippen molar-refractivity contribution in [2.45, 2.75) is 58.1 Å². The van der Waals surface area contributed by atoms with E-state index < -0.39 is 17.2 Å². The van der Waals surface area contributed by atoms with Gasteiger partial charge in [-0.2, -0.15) is 0 Å².